The molecule has 0 bridgehead atoms. The van der Waals surface area contributed by atoms with Crippen molar-refractivity contribution in [3.63, 3.8) is 0 Å². The van der Waals surface area contributed by atoms with E-state index in [1.54, 1.807) is 7.05 Å². The van der Waals surface area contributed by atoms with Gasteiger partial charge in [0.15, 0.2) is 5.82 Å². The molecule has 1 amide bonds. The molecule has 7 nitrogen and oxygen atoms in total. The number of carbonyl (C=O) groups is 1. The molecule has 0 spiro atoms. The summed E-state index contributed by atoms with van der Waals surface area (Å²) in [5.41, 5.74) is 1.87. The van der Waals surface area contributed by atoms with Gasteiger partial charge in [-0.3, -0.25) is 14.6 Å². The molecule has 0 aliphatic carbocycles. The predicted molar refractivity (Wildman–Crippen MR) is 89.5 cm³/mol. The predicted octanol–water partition coefficient (Wildman–Crippen LogP) is 1.23. The highest BCUT2D eigenvalue weighted by Gasteiger charge is 2.29. The van der Waals surface area contributed by atoms with Crippen LogP contribution in [0.4, 0.5) is 0 Å². The summed E-state index contributed by atoms with van der Waals surface area (Å²) in [4.78, 5) is 20.6. The maximum Gasteiger partial charge on any atom is 0.251 e. The van der Waals surface area contributed by atoms with Gasteiger partial charge in [-0.05, 0) is 31.7 Å². The molecule has 2 aromatic rings. The molecule has 0 radical (unpaired) electrons. The molecule has 0 saturated carbocycles. The molecule has 24 heavy (non-hydrogen) atoms. The minimum absolute atomic E-state index is 0.0621. The van der Waals surface area contributed by atoms with E-state index in [-0.39, 0.29) is 11.9 Å². The first-order valence-electron chi connectivity index (χ1n) is 8.10. The lowest BCUT2D eigenvalue weighted by Crippen LogP contribution is -2.46. The largest absolute Gasteiger partial charge is 0.355 e. The molecule has 1 aliphatic heterocycles. The number of carbonyl (C=O) groups excluding carboxylic acids is 1. The normalized spacial score (nSPS) is 19.4. The lowest BCUT2D eigenvalue weighted by molar-refractivity contribution is 0.0714. The van der Waals surface area contributed by atoms with Crippen molar-refractivity contribution in [3.05, 3.63) is 47.1 Å². The van der Waals surface area contributed by atoms with Crippen molar-refractivity contribution in [1.29, 1.82) is 0 Å². The molecular formula is C17H23N5O2. The van der Waals surface area contributed by atoms with Gasteiger partial charge >= 0.3 is 0 Å². The Hall–Kier alpha value is -2.25. The average Bonchev–Trinajstić information content (AvgIpc) is 3.03. The Morgan fingerprint density at radius 1 is 1.33 bits per heavy atom. The van der Waals surface area contributed by atoms with Gasteiger partial charge in [0.2, 0.25) is 5.89 Å². The fourth-order valence-electron chi connectivity index (χ4n) is 2.95. The van der Waals surface area contributed by atoms with E-state index in [0.29, 0.717) is 17.3 Å². The number of piperazine rings is 1. The molecule has 2 heterocycles. The summed E-state index contributed by atoms with van der Waals surface area (Å²) in [6.45, 7) is 5.45. The molecule has 1 aliphatic rings. The van der Waals surface area contributed by atoms with Gasteiger partial charge in [0.05, 0.1) is 0 Å². The molecule has 1 atom stereocenters. The smallest absolute Gasteiger partial charge is 0.251 e. The molecule has 3 rings (SSSR count). The zero-order valence-electron chi connectivity index (χ0n) is 14.3. The van der Waals surface area contributed by atoms with Crippen molar-refractivity contribution in [2.24, 2.45) is 0 Å². The summed E-state index contributed by atoms with van der Waals surface area (Å²) in [6, 6.07) is 7.86. The van der Waals surface area contributed by atoms with Gasteiger partial charge in [-0.15, -0.1) is 0 Å². The highest BCUT2D eigenvalue weighted by Crippen LogP contribution is 2.23. The number of nitrogens with one attached hydrogen (secondary N) is 1. The molecule has 1 fully saturated rings. The van der Waals surface area contributed by atoms with Crippen LogP contribution in [0.15, 0.2) is 28.8 Å². The van der Waals surface area contributed by atoms with Gasteiger partial charge in [0.1, 0.15) is 6.04 Å². The summed E-state index contributed by atoms with van der Waals surface area (Å²) in [7, 11) is 3.72. The number of hydrogen-bond acceptors (Lipinski definition) is 6. The maximum absolute atomic E-state index is 11.6. The molecule has 128 valence electrons. The number of hydrogen-bond donors (Lipinski definition) is 1. The highest BCUT2D eigenvalue weighted by atomic mass is 16.5. The fourth-order valence-corrected chi connectivity index (χ4v) is 2.95. The van der Waals surface area contributed by atoms with E-state index >= 15 is 0 Å². The Morgan fingerprint density at radius 3 is 2.71 bits per heavy atom. The molecule has 7 heteroatoms. The van der Waals surface area contributed by atoms with Crippen LogP contribution in [-0.4, -0.2) is 59.6 Å². The van der Waals surface area contributed by atoms with Gasteiger partial charge in [-0.25, -0.2) is 0 Å². The summed E-state index contributed by atoms with van der Waals surface area (Å²) in [6.07, 6.45) is 0. The van der Waals surface area contributed by atoms with E-state index in [0.717, 1.165) is 26.2 Å². The highest BCUT2D eigenvalue weighted by molar-refractivity contribution is 5.93. The zero-order chi connectivity index (χ0) is 17.1. The number of nitrogens with zero attached hydrogens (tertiary/aromatic N) is 4. The van der Waals surface area contributed by atoms with Crippen molar-refractivity contribution >= 4 is 5.91 Å². The van der Waals surface area contributed by atoms with Gasteiger partial charge in [-0.1, -0.05) is 17.3 Å². The standard InChI is InChI=1S/C17H23N5O2/c1-12-19-17(24-20-12)15-11-22(9-8-21(15)3)10-13-4-6-14(7-5-13)16(23)18-2/h4-7,15H,8-11H2,1-3H3,(H,18,23)/t15-/m0/s1. The van der Waals surface area contributed by atoms with Crippen LogP contribution in [0.5, 0.6) is 0 Å². The van der Waals surface area contributed by atoms with Crippen LogP contribution < -0.4 is 5.32 Å². The van der Waals surface area contributed by atoms with E-state index in [1.807, 2.05) is 31.2 Å². The third-order valence-electron chi connectivity index (χ3n) is 4.41. The van der Waals surface area contributed by atoms with Gasteiger partial charge in [-0.2, -0.15) is 4.98 Å². The van der Waals surface area contributed by atoms with E-state index in [1.165, 1.54) is 5.56 Å². The maximum atomic E-state index is 11.6. The second-order valence-corrected chi connectivity index (χ2v) is 6.19. The number of likely N-dealkylation sites (N-methyl/N-ethyl adjacent to an activating group) is 1. The minimum Gasteiger partial charge on any atom is -0.355 e. The van der Waals surface area contributed by atoms with E-state index in [4.69, 9.17) is 4.52 Å². The fraction of sp³-hybridized carbons (Fsp3) is 0.471. The number of aromatic nitrogens is 2. The number of rotatable bonds is 4. The molecule has 1 aromatic heterocycles. The SMILES string of the molecule is CNC(=O)c1ccc(CN2CCN(C)[C@H](c3nc(C)no3)C2)cc1. The van der Waals surface area contributed by atoms with Crippen LogP contribution in [0.1, 0.15) is 33.7 Å². The van der Waals surface area contributed by atoms with Crippen molar-refractivity contribution in [2.45, 2.75) is 19.5 Å². The first-order chi connectivity index (χ1) is 11.6. The second kappa shape index (κ2) is 7.11. The van der Waals surface area contributed by atoms with E-state index in [2.05, 4.69) is 32.3 Å². The van der Waals surface area contributed by atoms with E-state index < -0.39 is 0 Å². The quantitative estimate of drug-likeness (QED) is 0.909. The lowest BCUT2D eigenvalue weighted by Gasteiger charge is -2.37. The van der Waals surface area contributed by atoms with Crippen LogP contribution in [0.3, 0.4) is 0 Å². The Bertz CT molecular complexity index is 697. The minimum atomic E-state index is -0.0621. The molecular weight excluding hydrogens is 306 g/mol. The summed E-state index contributed by atoms with van der Waals surface area (Å²) in [5, 5.41) is 6.54. The molecule has 1 N–H and O–H groups in total. The average molecular weight is 329 g/mol. The number of amides is 1. The Kier molecular flexibility index (Phi) is 4.92. The summed E-state index contributed by atoms with van der Waals surface area (Å²) in [5.74, 6) is 1.28. The topological polar surface area (TPSA) is 74.5 Å². The van der Waals surface area contributed by atoms with Crippen LogP contribution in [0, 0.1) is 6.92 Å². The summed E-state index contributed by atoms with van der Waals surface area (Å²) >= 11 is 0. The third-order valence-corrected chi connectivity index (χ3v) is 4.41. The molecule has 0 unspecified atom stereocenters. The van der Waals surface area contributed by atoms with Crippen LogP contribution in [0.2, 0.25) is 0 Å². The zero-order valence-corrected chi connectivity index (χ0v) is 14.3. The lowest BCUT2D eigenvalue weighted by atomic mass is 10.1. The van der Waals surface area contributed by atoms with Gasteiger partial charge in [0, 0.05) is 38.8 Å². The van der Waals surface area contributed by atoms with Gasteiger partial charge < -0.3 is 9.84 Å². The first kappa shape index (κ1) is 16.6. The Balaban J connectivity index is 1.66. The molecule has 1 aromatic carbocycles. The monoisotopic (exact) mass is 329 g/mol. The Morgan fingerprint density at radius 2 is 2.08 bits per heavy atom. The molecule has 1 saturated heterocycles. The second-order valence-electron chi connectivity index (χ2n) is 6.19. The summed E-state index contributed by atoms with van der Waals surface area (Å²) < 4.78 is 5.35. The van der Waals surface area contributed by atoms with Crippen molar-refractivity contribution in [1.82, 2.24) is 25.3 Å². The van der Waals surface area contributed by atoms with Crippen LogP contribution in [-0.2, 0) is 6.54 Å². The van der Waals surface area contributed by atoms with Crippen LogP contribution >= 0.6 is 0 Å². The number of aryl methyl sites for hydroxylation is 1. The van der Waals surface area contributed by atoms with Crippen molar-refractivity contribution < 1.29 is 9.32 Å². The van der Waals surface area contributed by atoms with Crippen LogP contribution in [0.25, 0.3) is 0 Å². The van der Waals surface area contributed by atoms with Gasteiger partial charge in [0.25, 0.3) is 5.91 Å². The third kappa shape index (κ3) is 3.63. The first-order valence-corrected chi connectivity index (χ1v) is 8.10. The van der Waals surface area contributed by atoms with Crippen molar-refractivity contribution in [3.8, 4) is 0 Å². The van der Waals surface area contributed by atoms with E-state index in [9.17, 15) is 4.79 Å². The van der Waals surface area contributed by atoms with Crippen molar-refractivity contribution in [2.75, 3.05) is 33.7 Å². The number of benzene rings is 1. The Labute approximate surface area is 141 Å².